The summed E-state index contributed by atoms with van der Waals surface area (Å²) in [6, 6.07) is 19.4. The van der Waals surface area contributed by atoms with Crippen LogP contribution in [0, 0.1) is 11.3 Å². The summed E-state index contributed by atoms with van der Waals surface area (Å²) in [6.07, 6.45) is 4.84. The maximum absolute atomic E-state index is 12.2. The lowest BCUT2D eigenvalue weighted by Gasteiger charge is -2.34. The third kappa shape index (κ3) is 6.34. The van der Waals surface area contributed by atoms with E-state index in [0.717, 1.165) is 39.3 Å². The van der Waals surface area contributed by atoms with E-state index in [1.54, 1.807) is 24.3 Å². The van der Waals surface area contributed by atoms with E-state index in [4.69, 9.17) is 5.26 Å². The minimum Gasteiger partial charge on any atom is -0.326 e. The zero-order valence-electron chi connectivity index (χ0n) is 16.1. The molecule has 1 fully saturated rings. The van der Waals surface area contributed by atoms with Crippen LogP contribution in [0.25, 0.3) is 6.08 Å². The second-order valence-electron chi connectivity index (χ2n) is 6.95. The van der Waals surface area contributed by atoms with Crippen molar-refractivity contribution in [3.8, 4) is 6.07 Å². The number of piperazine rings is 1. The smallest absolute Gasteiger partial charge is 0.225 e. The van der Waals surface area contributed by atoms with Crippen molar-refractivity contribution >= 4 is 17.7 Å². The Labute approximate surface area is 166 Å². The molecule has 1 amide bonds. The highest BCUT2D eigenvalue weighted by atomic mass is 16.1. The van der Waals surface area contributed by atoms with Crippen LogP contribution in [-0.2, 0) is 4.79 Å². The van der Waals surface area contributed by atoms with Gasteiger partial charge in [0.15, 0.2) is 0 Å². The molecule has 1 aliphatic rings. The van der Waals surface area contributed by atoms with Crippen LogP contribution in [0.5, 0.6) is 0 Å². The molecule has 3 rings (SSSR count). The Morgan fingerprint density at radius 3 is 2.54 bits per heavy atom. The average Bonchev–Trinajstić information content (AvgIpc) is 2.74. The molecule has 0 aromatic heterocycles. The highest BCUT2D eigenvalue weighted by Gasteiger charge is 2.16. The quantitative estimate of drug-likeness (QED) is 0.808. The van der Waals surface area contributed by atoms with Gasteiger partial charge in [0, 0.05) is 51.4 Å². The second-order valence-corrected chi connectivity index (χ2v) is 6.95. The van der Waals surface area contributed by atoms with Gasteiger partial charge in [-0.25, -0.2) is 0 Å². The van der Waals surface area contributed by atoms with Crippen molar-refractivity contribution in [1.82, 2.24) is 9.80 Å². The minimum atomic E-state index is -0.0108. The van der Waals surface area contributed by atoms with E-state index in [2.05, 4.69) is 57.6 Å². The molecule has 2 aromatic rings. The Hall–Kier alpha value is -2.94. The normalized spacial score (nSPS) is 15.4. The number of rotatable bonds is 7. The van der Waals surface area contributed by atoms with Gasteiger partial charge in [0.25, 0.3) is 0 Å². The predicted molar refractivity (Wildman–Crippen MR) is 113 cm³/mol. The van der Waals surface area contributed by atoms with Crippen LogP contribution in [0.2, 0.25) is 0 Å². The number of hydrogen-bond acceptors (Lipinski definition) is 4. The average molecular weight is 374 g/mol. The first kappa shape index (κ1) is 19.8. The Bertz CT molecular complexity index is 833. The standard InChI is InChI=1S/C23H26N4O/c24-19-21-8-4-10-22(18-21)25-23(28)11-13-27-16-14-26(15-17-27)12-5-9-20-6-2-1-3-7-20/h1-10,18H,11-17H2,(H,25,28)/b9-5+. The van der Waals surface area contributed by atoms with Gasteiger partial charge in [-0.1, -0.05) is 48.6 Å². The lowest BCUT2D eigenvalue weighted by Crippen LogP contribution is -2.46. The number of carbonyl (C=O) groups excluding carboxylic acids is 1. The fourth-order valence-corrected chi connectivity index (χ4v) is 3.25. The molecule has 0 atom stereocenters. The monoisotopic (exact) mass is 374 g/mol. The van der Waals surface area contributed by atoms with Gasteiger partial charge >= 0.3 is 0 Å². The highest BCUT2D eigenvalue weighted by Crippen LogP contribution is 2.10. The van der Waals surface area contributed by atoms with Gasteiger partial charge in [0.1, 0.15) is 0 Å². The molecule has 28 heavy (non-hydrogen) atoms. The first-order chi connectivity index (χ1) is 13.7. The van der Waals surface area contributed by atoms with E-state index in [1.807, 2.05) is 6.07 Å². The summed E-state index contributed by atoms with van der Waals surface area (Å²) in [4.78, 5) is 16.9. The van der Waals surface area contributed by atoms with Crippen molar-refractivity contribution in [3.05, 3.63) is 71.8 Å². The van der Waals surface area contributed by atoms with Crippen LogP contribution in [0.15, 0.2) is 60.7 Å². The van der Waals surface area contributed by atoms with Gasteiger partial charge < -0.3 is 10.2 Å². The number of hydrogen-bond donors (Lipinski definition) is 1. The largest absolute Gasteiger partial charge is 0.326 e. The van der Waals surface area contributed by atoms with Crippen molar-refractivity contribution in [3.63, 3.8) is 0 Å². The van der Waals surface area contributed by atoms with E-state index >= 15 is 0 Å². The molecular formula is C23H26N4O. The minimum absolute atomic E-state index is 0.0108. The molecule has 144 valence electrons. The summed E-state index contributed by atoms with van der Waals surface area (Å²) in [6.45, 7) is 5.72. The molecule has 5 nitrogen and oxygen atoms in total. The summed E-state index contributed by atoms with van der Waals surface area (Å²) >= 11 is 0. The molecule has 0 bridgehead atoms. The maximum atomic E-state index is 12.2. The molecule has 0 radical (unpaired) electrons. The molecule has 0 aliphatic carbocycles. The first-order valence-corrected chi connectivity index (χ1v) is 9.69. The van der Waals surface area contributed by atoms with E-state index < -0.39 is 0 Å². The van der Waals surface area contributed by atoms with Crippen molar-refractivity contribution < 1.29 is 4.79 Å². The number of nitrogens with zero attached hydrogens (tertiary/aromatic N) is 3. The Morgan fingerprint density at radius 1 is 1.04 bits per heavy atom. The van der Waals surface area contributed by atoms with Crippen molar-refractivity contribution in [2.45, 2.75) is 6.42 Å². The number of nitriles is 1. The molecule has 1 saturated heterocycles. The number of anilines is 1. The fraction of sp³-hybridized carbons (Fsp3) is 0.304. The predicted octanol–water partition coefficient (Wildman–Crippen LogP) is 3.22. The molecule has 1 heterocycles. The summed E-state index contributed by atoms with van der Waals surface area (Å²) in [7, 11) is 0. The summed E-state index contributed by atoms with van der Waals surface area (Å²) in [5.41, 5.74) is 2.46. The third-order valence-corrected chi connectivity index (χ3v) is 4.87. The van der Waals surface area contributed by atoms with Gasteiger partial charge in [0.2, 0.25) is 5.91 Å². The van der Waals surface area contributed by atoms with Crippen LogP contribution in [0.1, 0.15) is 17.5 Å². The number of amides is 1. The van der Waals surface area contributed by atoms with Crippen LogP contribution in [0.4, 0.5) is 5.69 Å². The Kier molecular flexibility index (Phi) is 7.36. The molecular weight excluding hydrogens is 348 g/mol. The summed E-state index contributed by atoms with van der Waals surface area (Å²) < 4.78 is 0. The molecule has 1 N–H and O–H groups in total. The van der Waals surface area contributed by atoms with Crippen LogP contribution in [0.3, 0.4) is 0 Å². The van der Waals surface area contributed by atoms with Crippen molar-refractivity contribution in [1.29, 1.82) is 5.26 Å². The topological polar surface area (TPSA) is 59.4 Å². The van der Waals surface area contributed by atoms with Crippen LogP contribution in [-0.4, -0.2) is 55.0 Å². The van der Waals surface area contributed by atoms with E-state index in [9.17, 15) is 4.79 Å². The van der Waals surface area contributed by atoms with Crippen molar-refractivity contribution in [2.24, 2.45) is 0 Å². The number of carbonyl (C=O) groups is 1. The van der Waals surface area contributed by atoms with Gasteiger partial charge in [-0.15, -0.1) is 0 Å². The molecule has 1 aliphatic heterocycles. The SMILES string of the molecule is N#Cc1cccc(NC(=O)CCN2CCN(C/C=C/c3ccccc3)CC2)c1. The Morgan fingerprint density at radius 2 is 1.79 bits per heavy atom. The lowest BCUT2D eigenvalue weighted by atomic mass is 10.2. The molecule has 0 spiro atoms. The van der Waals surface area contributed by atoms with Gasteiger partial charge in [-0.3, -0.25) is 9.69 Å². The zero-order valence-corrected chi connectivity index (χ0v) is 16.1. The molecule has 0 saturated carbocycles. The van der Waals surface area contributed by atoms with Crippen LogP contribution >= 0.6 is 0 Å². The first-order valence-electron chi connectivity index (χ1n) is 9.69. The zero-order chi connectivity index (χ0) is 19.6. The van der Waals surface area contributed by atoms with Gasteiger partial charge in [-0.05, 0) is 23.8 Å². The van der Waals surface area contributed by atoms with E-state index in [1.165, 1.54) is 5.56 Å². The van der Waals surface area contributed by atoms with Crippen molar-refractivity contribution in [2.75, 3.05) is 44.6 Å². The molecule has 5 heteroatoms. The van der Waals surface area contributed by atoms with E-state index in [0.29, 0.717) is 17.7 Å². The lowest BCUT2D eigenvalue weighted by molar-refractivity contribution is -0.116. The second kappa shape index (κ2) is 10.4. The van der Waals surface area contributed by atoms with E-state index in [-0.39, 0.29) is 5.91 Å². The highest BCUT2D eigenvalue weighted by molar-refractivity contribution is 5.90. The fourth-order valence-electron chi connectivity index (χ4n) is 3.25. The molecule has 0 unspecified atom stereocenters. The summed E-state index contributed by atoms with van der Waals surface area (Å²) in [5, 5.41) is 11.8. The third-order valence-electron chi connectivity index (χ3n) is 4.87. The van der Waals surface area contributed by atoms with Gasteiger partial charge in [-0.2, -0.15) is 5.26 Å². The summed E-state index contributed by atoms with van der Waals surface area (Å²) in [5.74, 6) is -0.0108. The number of benzene rings is 2. The van der Waals surface area contributed by atoms with Crippen LogP contribution < -0.4 is 5.32 Å². The Balaban J connectivity index is 1.34. The van der Waals surface area contributed by atoms with Gasteiger partial charge in [0.05, 0.1) is 11.6 Å². The molecule has 2 aromatic carbocycles. The number of nitrogens with one attached hydrogen (secondary N) is 1. The maximum Gasteiger partial charge on any atom is 0.225 e.